The lowest BCUT2D eigenvalue weighted by Gasteiger charge is -2.13. The Morgan fingerprint density at radius 2 is 2.20 bits per heavy atom. The van der Waals surface area contributed by atoms with Crippen LogP contribution in [0.15, 0.2) is 0 Å². The van der Waals surface area contributed by atoms with E-state index < -0.39 is 0 Å². The molecule has 1 atom stereocenters. The molecule has 0 rings (SSSR count). The maximum absolute atomic E-state index is 11.5. The standard InChI is InChI=1S/C10H22N2O2S/c1-9(11-6-8-15-3)10(13)12-5-4-7-14-2/h9,11H,4-8H2,1-3H3,(H,12,13). The van der Waals surface area contributed by atoms with Gasteiger partial charge in [-0.1, -0.05) is 0 Å². The fraction of sp³-hybridized carbons (Fsp3) is 0.900. The summed E-state index contributed by atoms with van der Waals surface area (Å²) in [5, 5.41) is 6.02. The van der Waals surface area contributed by atoms with Crippen molar-refractivity contribution in [2.45, 2.75) is 19.4 Å². The molecule has 0 aromatic rings. The van der Waals surface area contributed by atoms with Crippen molar-refractivity contribution < 1.29 is 9.53 Å². The summed E-state index contributed by atoms with van der Waals surface area (Å²) in [4.78, 5) is 11.5. The van der Waals surface area contributed by atoms with E-state index >= 15 is 0 Å². The summed E-state index contributed by atoms with van der Waals surface area (Å²) in [6.07, 6.45) is 2.91. The molecule has 4 nitrogen and oxygen atoms in total. The first kappa shape index (κ1) is 14.7. The van der Waals surface area contributed by atoms with Crippen LogP contribution in [0.2, 0.25) is 0 Å². The van der Waals surface area contributed by atoms with Crippen LogP contribution in [0.5, 0.6) is 0 Å². The van der Waals surface area contributed by atoms with Crippen molar-refractivity contribution in [3.05, 3.63) is 0 Å². The molecule has 0 aliphatic carbocycles. The van der Waals surface area contributed by atoms with Gasteiger partial charge >= 0.3 is 0 Å². The third kappa shape index (κ3) is 8.72. The van der Waals surface area contributed by atoms with E-state index in [-0.39, 0.29) is 11.9 Å². The smallest absolute Gasteiger partial charge is 0.236 e. The minimum atomic E-state index is -0.111. The van der Waals surface area contributed by atoms with Gasteiger partial charge in [0.25, 0.3) is 0 Å². The van der Waals surface area contributed by atoms with E-state index in [1.54, 1.807) is 18.9 Å². The van der Waals surface area contributed by atoms with Crippen molar-refractivity contribution in [1.82, 2.24) is 10.6 Å². The molecule has 5 heteroatoms. The molecule has 0 fully saturated rings. The number of thioether (sulfide) groups is 1. The molecule has 0 spiro atoms. The van der Waals surface area contributed by atoms with Crippen molar-refractivity contribution in [2.24, 2.45) is 0 Å². The summed E-state index contributed by atoms with van der Waals surface area (Å²) >= 11 is 1.77. The number of rotatable bonds is 9. The second-order valence-corrected chi connectivity index (χ2v) is 4.29. The van der Waals surface area contributed by atoms with Crippen LogP contribution in [0.4, 0.5) is 0 Å². The van der Waals surface area contributed by atoms with Crippen molar-refractivity contribution in [2.75, 3.05) is 38.8 Å². The van der Waals surface area contributed by atoms with Crippen molar-refractivity contribution in [1.29, 1.82) is 0 Å². The van der Waals surface area contributed by atoms with Crippen LogP contribution in [0.25, 0.3) is 0 Å². The van der Waals surface area contributed by atoms with E-state index in [1.807, 2.05) is 6.92 Å². The fourth-order valence-electron chi connectivity index (χ4n) is 1.05. The van der Waals surface area contributed by atoms with Gasteiger partial charge < -0.3 is 15.4 Å². The number of methoxy groups -OCH3 is 1. The van der Waals surface area contributed by atoms with Gasteiger partial charge in [0.05, 0.1) is 6.04 Å². The number of hydrogen-bond donors (Lipinski definition) is 2. The largest absolute Gasteiger partial charge is 0.385 e. The zero-order chi connectivity index (χ0) is 11.5. The molecule has 15 heavy (non-hydrogen) atoms. The van der Waals surface area contributed by atoms with E-state index in [2.05, 4.69) is 16.9 Å². The Kier molecular flexibility index (Phi) is 10.1. The van der Waals surface area contributed by atoms with Crippen molar-refractivity contribution in [3.63, 3.8) is 0 Å². The summed E-state index contributed by atoms with van der Waals surface area (Å²) in [6.45, 7) is 4.12. The lowest BCUT2D eigenvalue weighted by atomic mass is 10.3. The molecule has 2 N–H and O–H groups in total. The molecule has 1 unspecified atom stereocenters. The highest BCUT2D eigenvalue weighted by Gasteiger charge is 2.10. The van der Waals surface area contributed by atoms with Gasteiger partial charge in [0.15, 0.2) is 0 Å². The lowest BCUT2D eigenvalue weighted by molar-refractivity contribution is -0.122. The zero-order valence-corrected chi connectivity index (χ0v) is 10.7. The van der Waals surface area contributed by atoms with E-state index in [4.69, 9.17) is 4.74 Å². The van der Waals surface area contributed by atoms with Crippen LogP contribution >= 0.6 is 11.8 Å². The number of carbonyl (C=O) groups is 1. The number of nitrogens with one attached hydrogen (secondary N) is 2. The van der Waals surface area contributed by atoms with Gasteiger partial charge in [0, 0.05) is 32.6 Å². The SMILES string of the molecule is COCCCNC(=O)C(C)NCCSC. The van der Waals surface area contributed by atoms with Gasteiger partial charge in [0.1, 0.15) is 0 Å². The Hall–Kier alpha value is -0.260. The fourth-order valence-corrected chi connectivity index (χ4v) is 1.37. The first-order chi connectivity index (χ1) is 7.22. The average molecular weight is 234 g/mol. The topological polar surface area (TPSA) is 50.4 Å². The molecule has 0 aliphatic rings. The van der Waals surface area contributed by atoms with E-state index in [0.29, 0.717) is 13.2 Å². The third-order valence-electron chi connectivity index (χ3n) is 1.97. The molecule has 0 heterocycles. The number of ether oxygens (including phenoxy) is 1. The second-order valence-electron chi connectivity index (χ2n) is 3.31. The lowest BCUT2D eigenvalue weighted by Crippen LogP contribution is -2.43. The summed E-state index contributed by atoms with van der Waals surface area (Å²) in [5.74, 6) is 1.09. The van der Waals surface area contributed by atoms with Gasteiger partial charge in [-0.05, 0) is 19.6 Å². The first-order valence-electron chi connectivity index (χ1n) is 5.21. The molecular formula is C10H22N2O2S. The van der Waals surface area contributed by atoms with Gasteiger partial charge in [-0.25, -0.2) is 0 Å². The molecule has 0 aromatic carbocycles. The Morgan fingerprint density at radius 3 is 2.80 bits per heavy atom. The van der Waals surface area contributed by atoms with E-state index in [9.17, 15) is 4.79 Å². The molecule has 0 aliphatic heterocycles. The molecule has 0 saturated heterocycles. The summed E-state index contributed by atoms with van der Waals surface area (Å²) in [7, 11) is 1.66. The van der Waals surface area contributed by atoms with Crippen LogP contribution in [0.1, 0.15) is 13.3 Å². The third-order valence-corrected chi connectivity index (χ3v) is 2.59. The highest BCUT2D eigenvalue weighted by atomic mass is 32.2. The Balaban J connectivity index is 3.42. The zero-order valence-electron chi connectivity index (χ0n) is 9.84. The monoisotopic (exact) mass is 234 g/mol. The molecular weight excluding hydrogens is 212 g/mol. The molecule has 0 bridgehead atoms. The number of hydrogen-bond acceptors (Lipinski definition) is 4. The number of amides is 1. The van der Waals surface area contributed by atoms with E-state index in [0.717, 1.165) is 18.7 Å². The predicted octanol–water partition coefficient (Wildman–Crippen LogP) is 0.480. The van der Waals surface area contributed by atoms with Crippen LogP contribution < -0.4 is 10.6 Å². The van der Waals surface area contributed by atoms with Crippen LogP contribution in [0, 0.1) is 0 Å². The Bertz CT molecular complexity index is 168. The summed E-state index contributed by atoms with van der Waals surface area (Å²) in [6, 6.07) is -0.111. The van der Waals surface area contributed by atoms with Crippen LogP contribution in [-0.4, -0.2) is 50.8 Å². The van der Waals surface area contributed by atoms with Gasteiger partial charge in [0.2, 0.25) is 5.91 Å². The molecule has 1 amide bonds. The van der Waals surface area contributed by atoms with Crippen LogP contribution in [0.3, 0.4) is 0 Å². The highest BCUT2D eigenvalue weighted by Crippen LogP contribution is 1.89. The van der Waals surface area contributed by atoms with Crippen molar-refractivity contribution >= 4 is 17.7 Å². The summed E-state index contributed by atoms with van der Waals surface area (Å²) in [5.41, 5.74) is 0. The summed E-state index contributed by atoms with van der Waals surface area (Å²) < 4.78 is 4.89. The van der Waals surface area contributed by atoms with E-state index in [1.165, 1.54) is 0 Å². The maximum atomic E-state index is 11.5. The second kappa shape index (κ2) is 10.3. The van der Waals surface area contributed by atoms with Gasteiger partial charge in [-0.2, -0.15) is 11.8 Å². The first-order valence-corrected chi connectivity index (χ1v) is 6.60. The van der Waals surface area contributed by atoms with Crippen molar-refractivity contribution in [3.8, 4) is 0 Å². The average Bonchev–Trinajstić information content (AvgIpc) is 2.24. The molecule has 90 valence electrons. The molecule has 0 radical (unpaired) electrons. The minimum absolute atomic E-state index is 0.0622. The minimum Gasteiger partial charge on any atom is -0.385 e. The molecule has 0 aromatic heterocycles. The van der Waals surface area contributed by atoms with Gasteiger partial charge in [-0.15, -0.1) is 0 Å². The predicted molar refractivity (Wildman–Crippen MR) is 65.3 cm³/mol. The Morgan fingerprint density at radius 1 is 1.47 bits per heavy atom. The molecule has 0 saturated carbocycles. The quantitative estimate of drug-likeness (QED) is 0.570. The highest BCUT2D eigenvalue weighted by molar-refractivity contribution is 7.98. The van der Waals surface area contributed by atoms with Gasteiger partial charge in [-0.3, -0.25) is 4.79 Å². The number of carbonyl (C=O) groups excluding carboxylic acids is 1. The Labute approximate surface area is 96.5 Å². The maximum Gasteiger partial charge on any atom is 0.236 e. The normalized spacial score (nSPS) is 12.5. The van der Waals surface area contributed by atoms with Crippen LogP contribution in [-0.2, 0) is 9.53 Å².